The summed E-state index contributed by atoms with van der Waals surface area (Å²) in [6.07, 6.45) is 3.52. The van der Waals surface area contributed by atoms with Gasteiger partial charge < -0.3 is 0 Å². The second-order valence-electron chi connectivity index (χ2n) is 6.71. The summed E-state index contributed by atoms with van der Waals surface area (Å²) in [5.74, 6) is 1.22. The van der Waals surface area contributed by atoms with E-state index in [1.165, 1.54) is 27.8 Å². The summed E-state index contributed by atoms with van der Waals surface area (Å²) in [4.78, 5) is 0. The van der Waals surface area contributed by atoms with Gasteiger partial charge in [-0.1, -0.05) is 81.8 Å². The molecule has 0 amide bonds. The van der Waals surface area contributed by atoms with Crippen molar-refractivity contribution in [3.8, 4) is 11.1 Å². The molecule has 0 saturated heterocycles. The Kier molecular flexibility index (Phi) is 5.61. The van der Waals surface area contributed by atoms with E-state index in [0.29, 0.717) is 11.8 Å². The summed E-state index contributed by atoms with van der Waals surface area (Å²) >= 11 is 0. The van der Waals surface area contributed by atoms with Crippen molar-refractivity contribution >= 4 is 6.08 Å². The zero-order valence-corrected chi connectivity index (χ0v) is 16.4. The predicted octanol–water partition coefficient (Wildman–Crippen LogP) is 6.07. The van der Waals surface area contributed by atoms with Gasteiger partial charge in [0.15, 0.2) is 0 Å². The van der Waals surface area contributed by atoms with Gasteiger partial charge in [0.05, 0.1) is 0 Å². The molecule has 0 saturated carbocycles. The van der Waals surface area contributed by atoms with E-state index in [9.17, 15) is 0 Å². The molecule has 22 heavy (non-hydrogen) atoms. The first-order chi connectivity index (χ1) is 10.1. The van der Waals surface area contributed by atoms with Gasteiger partial charge in [0, 0.05) is 26.2 Å². The first-order valence-corrected chi connectivity index (χ1v) is 7.99. The molecule has 1 heteroatoms. The molecule has 0 fully saturated rings. The van der Waals surface area contributed by atoms with Crippen molar-refractivity contribution < 1.29 is 26.2 Å². The molecule has 0 heterocycles. The topological polar surface area (TPSA) is 0 Å². The molecule has 0 nitrogen and oxygen atoms in total. The van der Waals surface area contributed by atoms with Crippen LogP contribution in [0.25, 0.3) is 17.2 Å². The minimum absolute atomic E-state index is 0. The minimum Gasteiger partial charge on any atom is -0.0626 e. The van der Waals surface area contributed by atoms with E-state index in [1.54, 1.807) is 5.57 Å². The molecular formula is C21H24Zr. The second kappa shape index (κ2) is 7.09. The summed E-state index contributed by atoms with van der Waals surface area (Å²) in [5, 5.41) is 0. The maximum Gasteiger partial charge on any atom is 0 e. The summed E-state index contributed by atoms with van der Waals surface area (Å²) in [7, 11) is 0. The Morgan fingerprint density at radius 2 is 1.50 bits per heavy atom. The summed E-state index contributed by atoms with van der Waals surface area (Å²) < 4.78 is 0. The van der Waals surface area contributed by atoms with Gasteiger partial charge in [-0.25, -0.2) is 0 Å². The first kappa shape index (κ1) is 17.4. The molecule has 0 aromatic heterocycles. The number of hydrogen-bond acceptors (Lipinski definition) is 0. The fraction of sp³-hybridized carbons (Fsp3) is 0.333. The Labute approximate surface area is 153 Å². The van der Waals surface area contributed by atoms with Crippen LogP contribution in [0, 0.1) is 5.92 Å². The zero-order chi connectivity index (χ0) is 15.0. The summed E-state index contributed by atoms with van der Waals surface area (Å²) in [6, 6.07) is 15.8. The van der Waals surface area contributed by atoms with Gasteiger partial charge in [-0.3, -0.25) is 0 Å². The maximum atomic E-state index is 2.41. The monoisotopic (exact) mass is 366 g/mol. The third-order valence-electron chi connectivity index (χ3n) is 4.55. The molecule has 0 bridgehead atoms. The number of hydrogen-bond donors (Lipinski definition) is 0. The molecule has 112 valence electrons. The number of allylic oxidation sites excluding steroid dienone is 1. The third-order valence-corrected chi connectivity index (χ3v) is 4.55. The number of fused-ring (bicyclic) bond motifs is 1. The van der Waals surface area contributed by atoms with Crippen molar-refractivity contribution in [1.29, 1.82) is 0 Å². The first-order valence-electron chi connectivity index (χ1n) is 7.99. The average Bonchev–Trinajstić information content (AvgIpc) is 2.91. The van der Waals surface area contributed by atoms with E-state index < -0.39 is 0 Å². The standard InChI is InChI=1S/C21H24.Zr/c1-14(2)16-8-10-17(11-9-16)20-7-5-6-18-12-19(15(3)4)13-21(18)20;/h5-11,13-15H,12H2,1-4H3;. The van der Waals surface area contributed by atoms with E-state index in [2.05, 4.69) is 76.2 Å². The van der Waals surface area contributed by atoms with Gasteiger partial charge >= 0.3 is 0 Å². The largest absolute Gasteiger partial charge is 0.0626 e. The van der Waals surface area contributed by atoms with E-state index in [0.717, 1.165) is 6.42 Å². The molecule has 0 atom stereocenters. The molecule has 0 N–H and O–H groups in total. The second-order valence-corrected chi connectivity index (χ2v) is 6.71. The van der Waals surface area contributed by atoms with Gasteiger partial charge in [-0.15, -0.1) is 0 Å². The van der Waals surface area contributed by atoms with Gasteiger partial charge in [0.1, 0.15) is 0 Å². The molecule has 0 radical (unpaired) electrons. The van der Waals surface area contributed by atoms with Gasteiger partial charge in [0.25, 0.3) is 0 Å². The Hall–Kier alpha value is -0.937. The van der Waals surface area contributed by atoms with Crippen LogP contribution in [-0.2, 0) is 32.6 Å². The minimum atomic E-state index is 0. The van der Waals surface area contributed by atoms with Crippen molar-refractivity contribution in [2.45, 2.75) is 40.0 Å². The molecule has 2 aromatic carbocycles. The smallest absolute Gasteiger partial charge is 0 e. The molecule has 0 spiro atoms. The van der Waals surface area contributed by atoms with Crippen LogP contribution in [0.5, 0.6) is 0 Å². The Morgan fingerprint density at radius 1 is 0.818 bits per heavy atom. The van der Waals surface area contributed by atoms with Crippen LogP contribution in [0.15, 0.2) is 48.0 Å². The molecule has 3 rings (SSSR count). The zero-order valence-electron chi connectivity index (χ0n) is 14.0. The van der Waals surface area contributed by atoms with Crippen LogP contribution in [0.2, 0.25) is 0 Å². The van der Waals surface area contributed by atoms with Crippen molar-refractivity contribution in [3.63, 3.8) is 0 Å². The van der Waals surface area contributed by atoms with Gasteiger partial charge in [-0.05, 0) is 46.1 Å². The quantitative estimate of drug-likeness (QED) is 0.617. The SMILES string of the molecule is CC(C)C1=Cc2c(cccc2-c2ccc(C(C)C)cc2)C1.[Zr]. The molecule has 2 aromatic rings. The van der Waals surface area contributed by atoms with Crippen LogP contribution in [0.3, 0.4) is 0 Å². The van der Waals surface area contributed by atoms with Crippen LogP contribution in [0.4, 0.5) is 0 Å². The molecular weight excluding hydrogens is 343 g/mol. The van der Waals surface area contributed by atoms with Crippen molar-refractivity contribution in [3.05, 3.63) is 64.7 Å². The van der Waals surface area contributed by atoms with E-state index in [1.807, 2.05) is 0 Å². The number of rotatable bonds is 3. The fourth-order valence-corrected chi connectivity index (χ4v) is 3.06. The molecule has 0 aliphatic heterocycles. The summed E-state index contributed by atoms with van der Waals surface area (Å²) in [5.41, 5.74) is 8.57. The van der Waals surface area contributed by atoms with Crippen LogP contribution in [0.1, 0.15) is 50.3 Å². The Bertz CT molecular complexity index is 676. The fourth-order valence-electron chi connectivity index (χ4n) is 3.06. The van der Waals surface area contributed by atoms with Gasteiger partial charge in [0.2, 0.25) is 0 Å². The molecule has 1 aliphatic carbocycles. The summed E-state index contributed by atoms with van der Waals surface area (Å²) in [6.45, 7) is 9.06. The van der Waals surface area contributed by atoms with Crippen LogP contribution in [-0.4, -0.2) is 0 Å². The van der Waals surface area contributed by atoms with E-state index in [4.69, 9.17) is 0 Å². The van der Waals surface area contributed by atoms with E-state index >= 15 is 0 Å². The van der Waals surface area contributed by atoms with Crippen LogP contribution < -0.4 is 0 Å². The normalized spacial score (nSPS) is 13.1. The van der Waals surface area contributed by atoms with Crippen molar-refractivity contribution in [2.75, 3.05) is 0 Å². The molecule has 1 aliphatic rings. The third kappa shape index (κ3) is 3.35. The van der Waals surface area contributed by atoms with Gasteiger partial charge in [-0.2, -0.15) is 0 Å². The predicted molar refractivity (Wildman–Crippen MR) is 92.5 cm³/mol. The van der Waals surface area contributed by atoms with Crippen LogP contribution >= 0.6 is 0 Å². The molecule has 0 unspecified atom stereocenters. The number of benzene rings is 2. The van der Waals surface area contributed by atoms with Crippen molar-refractivity contribution in [1.82, 2.24) is 0 Å². The van der Waals surface area contributed by atoms with Crippen molar-refractivity contribution in [2.24, 2.45) is 5.92 Å². The average molecular weight is 368 g/mol. The van der Waals surface area contributed by atoms with E-state index in [-0.39, 0.29) is 26.2 Å². The maximum absolute atomic E-state index is 2.41. The Morgan fingerprint density at radius 3 is 2.09 bits per heavy atom. The Balaban J connectivity index is 0.00000176.